The first kappa shape index (κ1) is 10.8. The van der Waals surface area contributed by atoms with Crippen molar-refractivity contribution in [3.63, 3.8) is 0 Å². The average molecular weight is 214 g/mol. The zero-order chi connectivity index (χ0) is 11.4. The molecule has 0 saturated heterocycles. The van der Waals surface area contributed by atoms with Crippen LogP contribution in [-0.4, -0.2) is 18.0 Å². The van der Waals surface area contributed by atoms with E-state index in [0.717, 1.165) is 41.0 Å². The average Bonchev–Trinajstić information content (AvgIpc) is 2.35. The predicted octanol–water partition coefficient (Wildman–Crippen LogP) is 2.58. The van der Waals surface area contributed by atoms with E-state index in [1.165, 1.54) is 0 Å². The summed E-state index contributed by atoms with van der Waals surface area (Å²) in [5, 5.41) is 10.9. The maximum Gasteiger partial charge on any atom is 0.150 e. The number of aliphatic hydroxyl groups is 1. The van der Waals surface area contributed by atoms with Crippen LogP contribution in [-0.2, 0) is 6.42 Å². The number of hydrogen-bond donors (Lipinski definition) is 1. The molecule has 0 heterocycles. The second-order valence-corrected chi connectivity index (χ2v) is 3.85. The van der Waals surface area contributed by atoms with Gasteiger partial charge in [-0.25, -0.2) is 0 Å². The normalized spacial score (nSPS) is 10.6. The number of carbonyl (C=O) groups is 1. The lowest BCUT2D eigenvalue weighted by Crippen LogP contribution is -1.92. The topological polar surface area (TPSA) is 37.3 Å². The Morgan fingerprint density at radius 2 is 2.00 bits per heavy atom. The highest BCUT2D eigenvalue weighted by molar-refractivity contribution is 5.98. The molecular formula is C14H14O2. The molecule has 2 heteroatoms. The van der Waals surface area contributed by atoms with E-state index >= 15 is 0 Å². The molecule has 2 nitrogen and oxygen atoms in total. The highest BCUT2D eigenvalue weighted by Gasteiger charge is 2.02. The van der Waals surface area contributed by atoms with Crippen molar-refractivity contribution >= 4 is 17.1 Å². The standard InChI is InChI=1S/C14H14O2/c15-7-3-4-11-8-12-5-1-2-6-14(12)13(9-11)10-16/h1-2,5-6,8-10,15H,3-4,7H2. The molecule has 16 heavy (non-hydrogen) atoms. The zero-order valence-electron chi connectivity index (χ0n) is 9.02. The van der Waals surface area contributed by atoms with Crippen molar-refractivity contribution in [3.8, 4) is 0 Å². The molecule has 0 unspecified atom stereocenters. The van der Waals surface area contributed by atoms with Gasteiger partial charge in [-0.2, -0.15) is 0 Å². The van der Waals surface area contributed by atoms with Crippen LogP contribution < -0.4 is 0 Å². The Morgan fingerprint density at radius 3 is 2.75 bits per heavy atom. The maximum absolute atomic E-state index is 11.0. The van der Waals surface area contributed by atoms with E-state index < -0.39 is 0 Å². The summed E-state index contributed by atoms with van der Waals surface area (Å²) in [6, 6.07) is 11.8. The third-order valence-electron chi connectivity index (χ3n) is 2.70. The Balaban J connectivity index is 2.50. The molecule has 0 spiro atoms. The van der Waals surface area contributed by atoms with Crippen molar-refractivity contribution in [2.75, 3.05) is 6.61 Å². The van der Waals surface area contributed by atoms with Crippen LogP contribution in [0.4, 0.5) is 0 Å². The zero-order valence-corrected chi connectivity index (χ0v) is 9.02. The van der Waals surface area contributed by atoms with Crippen molar-refractivity contribution in [1.29, 1.82) is 0 Å². The second-order valence-electron chi connectivity index (χ2n) is 3.85. The summed E-state index contributed by atoms with van der Waals surface area (Å²) in [6.45, 7) is 0.184. The van der Waals surface area contributed by atoms with E-state index in [0.29, 0.717) is 0 Å². The molecule has 1 N–H and O–H groups in total. The van der Waals surface area contributed by atoms with Crippen molar-refractivity contribution in [3.05, 3.63) is 47.5 Å². The van der Waals surface area contributed by atoms with Crippen LogP contribution in [0.2, 0.25) is 0 Å². The van der Waals surface area contributed by atoms with E-state index in [2.05, 4.69) is 6.07 Å². The molecule has 2 aromatic rings. The molecule has 0 aliphatic heterocycles. The van der Waals surface area contributed by atoms with E-state index in [1.54, 1.807) is 0 Å². The fraction of sp³-hybridized carbons (Fsp3) is 0.214. The van der Waals surface area contributed by atoms with Crippen molar-refractivity contribution < 1.29 is 9.90 Å². The van der Waals surface area contributed by atoms with Crippen LogP contribution in [0.5, 0.6) is 0 Å². The number of rotatable bonds is 4. The number of aryl methyl sites for hydroxylation is 1. The van der Waals surface area contributed by atoms with Gasteiger partial charge in [-0.3, -0.25) is 4.79 Å². The number of benzene rings is 2. The third kappa shape index (κ3) is 2.12. The lowest BCUT2D eigenvalue weighted by molar-refractivity contribution is 0.112. The first-order valence-corrected chi connectivity index (χ1v) is 5.43. The molecule has 0 aliphatic carbocycles. The summed E-state index contributed by atoms with van der Waals surface area (Å²) in [7, 11) is 0. The van der Waals surface area contributed by atoms with Crippen LogP contribution in [0.1, 0.15) is 22.3 Å². The predicted molar refractivity (Wildman–Crippen MR) is 64.7 cm³/mol. The first-order valence-electron chi connectivity index (χ1n) is 5.43. The van der Waals surface area contributed by atoms with Gasteiger partial charge in [0.05, 0.1) is 0 Å². The van der Waals surface area contributed by atoms with E-state index in [1.807, 2.05) is 30.3 Å². The van der Waals surface area contributed by atoms with E-state index in [-0.39, 0.29) is 6.61 Å². The molecule has 0 aliphatic rings. The molecule has 0 radical (unpaired) electrons. The Labute approximate surface area is 94.5 Å². The van der Waals surface area contributed by atoms with Crippen LogP contribution in [0.15, 0.2) is 36.4 Å². The molecule has 0 aromatic heterocycles. The molecular weight excluding hydrogens is 200 g/mol. The lowest BCUT2D eigenvalue weighted by atomic mass is 9.99. The highest BCUT2D eigenvalue weighted by Crippen LogP contribution is 2.20. The molecule has 2 rings (SSSR count). The minimum absolute atomic E-state index is 0.184. The highest BCUT2D eigenvalue weighted by atomic mass is 16.2. The van der Waals surface area contributed by atoms with Gasteiger partial charge in [0.25, 0.3) is 0 Å². The molecule has 0 saturated carbocycles. The van der Waals surface area contributed by atoms with Gasteiger partial charge in [-0.1, -0.05) is 30.3 Å². The molecule has 0 amide bonds. The monoisotopic (exact) mass is 214 g/mol. The third-order valence-corrected chi connectivity index (χ3v) is 2.70. The summed E-state index contributed by atoms with van der Waals surface area (Å²) in [4.78, 5) is 11.0. The molecule has 0 atom stereocenters. The van der Waals surface area contributed by atoms with Crippen molar-refractivity contribution in [1.82, 2.24) is 0 Å². The Morgan fingerprint density at radius 1 is 1.19 bits per heavy atom. The van der Waals surface area contributed by atoms with Crippen molar-refractivity contribution in [2.45, 2.75) is 12.8 Å². The SMILES string of the molecule is O=Cc1cc(CCCO)cc2ccccc12. The number of aldehydes is 1. The van der Waals surface area contributed by atoms with Gasteiger partial charge < -0.3 is 5.11 Å². The molecule has 82 valence electrons. The fourth-order valence-corrected chi connectivity index (χ4v) is 1.93. The Bertz CT molecular complexity index is 503. The number of hydrogen-bond acceptors (Lipinski definition) is 2. The molecule has 0 fully saturated rings. The Kier molecular flexibility index (Phi) is 3.32. The minimum Gasteiger partial charge on any atom is -0.396 e. The smallest absolute Gasteiger partial charge is 0.150 e. The summed E-state index contributed by atoms with van der Waals surface area (Å²) in [5.41, 5.74) is 1.83. The Hall–Kier alpha value is -1.67. The maximum atomic E-state index is 11.0. The van der Waals surface area contributed by atoms with E-state index in [4.69, 9.17) is 5.11 Å². The number of aliphatic hydroxyl groups excluding tert-OH is 1. The van der Waals surface area contributed by atoms with Crippen molar-refractivity contribution in [2.24, 2.45) is 0 Å². The molecule has 0 bridgehead atoms. The largest absolute Gasteiger partial charge is 0.396 e. The quantitative estimate of drug-likeness (QED) is 0.794. The van der Waals surface area contributed by atoms with Crippen LogP contribution in [0.25, 0.3) is 10.8 Å². The summed E-state index contributed by atoms with van der Waals surface area (Å²) < 4.78 is 0. The minimum atomic E-state index is 0.184. The molecule has 2 aromatic carbocycles. The van der Waals surface area contributed by atoms with Gasteiger partial charge >= 0.3 is 0 Å². The van der Waals surface area contributed by atoms with Crippen LogP contribution in [0, 0.1) is 0 Å². The van der Waals surface area contributed by atoms with Gasteiger partial charge in [0, 0.05) is 12.2 Å². The second kappa shape index (κ2) is 4.90. The number of fused-ring (bicyclic) bond motifs is 1. The van der Waals surface area contributed by atoms with Gasteiger partial charge in [0.1, 0.15) is 0 Å². The van der Waals surface area contributed by atoms with Crippen LogP contribution >= 0.6 is 0 Å². The van der Waals surface area contributed by atoms with Gasteiger partial charge in [0.15, 0.2) is 6.29 Å². The van der Waals surface area contributed by atoms with Gasteiger partial charge in [0.2, 0.25) is 0 Å². The lowest BCUT2D eigenvalue weighted by Gasteiger charge is -2.05. The van der Waals surface area contributed by atoms with Crippen LogP contribution in [0.3, 0.4) is 0 Å². The van der Waals surface area contributed by atoms with E-state index in [9.17, 15) is 4.79 Å². The van der Waals surface area contributed by atoms with Gasteiger partial charge in [-0.05, 0) is 35.2 Å². The number of carbonyl (C=O) groups excluding carboxylic acids is 1. The summed E-state index contributed by atoms with van der Waals surface area (Å²) in [5.74, 6) is 0. The summed E-state index contributed by atoms with van der Waals surface area (Å²) in [6.07, 6.45) is 2.43. The first-order chi connectivity index (χ1) is 7.85. The summed E-state index contributed by atoms with van der Waals surface area (Å²) >= 11 is 0. The van der Waals surface area contributed by atoms with Gasteiger partial charge in [-0.15, -0.1) is 0 Å². The fourth-order valence-electron chi connectivity index (χ4n) is 1.93.